The van der Waals surface area contributed by atoms with Gasteiger partial charge in [0.1, 0.15) is 5.82 Å². The standard InChI is InChI=1S/C17H17F2NO3S/c1-22-13-5-4-11(18)10(16(13)19)9-20-17(21)15-7-6-14(24-15)12-3-2-8-23-12/h4-7,12H,2-3,8-9H2,1H3,(H,20,21)/t12-/m1/s1. The van der Waals surface area contributed by atoms with E-state index >= 15 is 0 Å². The van der Waals surface area contributed by atoms with E-state index in [-0.39, 0.29) is 29.9 Å². The second-order valence-corrected chi connectivity index (χ2v) is 6.54. The number of benzene rings is 1. The molecule has 1 atom stereocenters. The predicted molar refractivity (Wildman–Crippen MR) is 86.3 cm³/mol. The molecule has 7 heteroatoms. The molecule has 128 valence electrons. The van der Waals surface area contributed by atoms with Gasteiger partial charge in [-0.15, -0.1) is 11.3 Å². The fourth-order valence-electron chi connectivity index (χ4n) is 2.60. The highest BCUT2D eigenvalue weighted by molar-refractivity contribution is 7.14. The van der Waals surface area contributed by atoms with Gasteiger partial charge in [0.2, 0.25) is 0 Å². The van der Waals surface area contributed by atoms with Crippen LogP contribution in [0.5, 0.6) is 5.75 Å². The van der Waals surface area contributed by atoms with Gasteiger partial charge in [0.25, 0.3) is 5.91 Å². The summed E-state index contributed by atoms with van der Waals surface area (Å²) in [5.74, 6) is -1.95. The first-order valence-electron chi connectivity index (χ1n) is 7.60. The molecule has 1 aliphatic rings. The van der Waals surface area contributed by atoms with Crippen molar-refractivity contribution in [3.63, 3.8) is 0 Å². The van der Waals surface area contributed by atoms with Gasteiger partial charge in [-0.25, -0.2) is 8.78 Å². The van der Waals surface area contributed by atoms with Crippen LogP contribution in [-0.2, 0) is 11.3 Å². The topological polar surface area (TPSA) is 47.6 Å². The van der Waals surface area contributed by atoms with Gasteiger partial charge in [-0.1, -0.05) is 0 Å². The molecule has 1 saturated heterocycles. The molecule has 0 saturated carbocycles. The summed E-state index contributed by atoms with van der Waals surface area (Å²) in [6.45, 7) is 0.485. The first-order chi connectivity index (χ1) is 11.6. The molecule has 1 fully saturated rings. The molecule has 1 aliphatic heterocycles. The number of nitrogens with one attached hydrogen (secondary N) is 1. The van der Waals surface area contributed by atoms with Crippen LogP contribution in [-0.4, -0.2) is 19.6 Å². The zero-order valence-electron chi connectivity index (χ0n) is 13.1. The lowest BCUT2D eigenvalue weighted by molar-refractivity contribution is 0.0954. The molecule has 0 bridgehead atoms. The lowest BCUT2D eigenvalue weighted by atomic mass is 10.2. The maximum Gasteiger partial charge on any atom is 0.261 e. The van der Waals surface area contributed by atoms with Crippen LogP contribution in [0.3, 0.4) is 0 Å². The van der Waals surface area contributed by atoms with Crippen LogP contribution in [0.25, 0.3) is 0 Å². The Bertz CT molecular complexity index is 741. The van der Waals surface area contributed by atoms with E-state index < -0.39 is 11.6 Å². The molecular weight excluding hydrogens is 336 g/mol. The Labute approximate surface area is 142 Å². The van der Waals surface area contributed by atoms with Crippen LogP contribution in [0.4, 0.5) is 8.78 Å². The molecule has 2 aromatic rings. The quantitative estimate of drug-likeness (QED) is 0.889. The average molecular weight is 353 g/mol. The maximum absolute atomic E-state index is 14.1. The molecule has 2 heterocycles. The fraction of sp³-hybridized carbons (Fsp3) is 0.353. The number of methoxy groups -OCH3 is 1. The lowest BCUT2D eigenvalue weighted by Crippen LogP contribution is -2.23. The minimum atomic E-state index is -0.802. The largest absolute Gasteiger partial charge is 0.494 e. The number of hydrogen-bond donors (Lipinski definition) is 1. The molecule has 1 N–H and O–H groups in total. The number of carbonyl (C=O) groups is 1. The Kier molecular flexibility index (Phi) is 5.11. The van der Waals surface area contributed by atoms with Crippen molar-refractivity contribution in [3.05, 3.63) is 51.2 Å². The lowest BCUT2D eigenvalue weighted by Gasteiger charge is -2.09. The minimum absolute atomic E-state index is 0.0461. The van der Waals surface area contributed by atoms with Crippen LogP contribution in [0, 0.1) is 11.6 Å². The van der Waals surface area contributed by atoms with Gasteiger partial charge in [-0.3, -0.25) is 4.79 Å². The van der Waals surface area contributed by atoms with Gasteiger partial charge >= 0.3 is 0 Å². The summed E-state index contributed by atoms with van der Waals surface area (Å²) in [7, 11) is 1.30. The molecule has 0 aliphatic carbocycles. The summed E-state index contributed by atoms with van der Waals surface area (Å²) >= 11 is 1.34. The van der Waals surface area contributed by atoms with Gasteiger partial charge in [0.05, 0.1) is 18.1 Å². The van der Waals surface area contributed by atoms with Crippen LogP contribution in [0.2, 0.25) is 0 Å². The average Bonchev–Trinajstić information content (AvgIpc) is 3.25. The van der Waals surface area contributed by atoms with Crippen molar-refractivity contribution in [1.29, 1.82) is 0 Å². The van der Waals surface area contributed by atoms with E-state index in [1.807, 2.05) is 6.07 Å². The molecular formula is C17H17F2NO3S. The van der Waals surface area contributed by atoms with E-state index in [1.54, 1.807) is 6.07 Å². The zero-order chi connectivity index (χ0) is 17.1. The number of ether oxygens (including phenoxy) is 2. The van der Waals surface area contributed by atoms with Crippen LogP contribution >= 0.6 is 11.3 Å². The summed E-state index contributed by atoms with van der Waals surface area (Å²) in [5, 5.41) is 2.55. The van der Waals surface area contributed by atoms with E-state index in [1.165, 1.54) is 24.5 Å². The Hall–Kier alpha value is -1.99. The van der Waals surface area contributed by atoms with E-state index in [0.29, 0.717) is 4.88 Å². The SMILES string of the molecule is COc1ccc(F)c(CNC(=O)c2ccc([C@H]3CCCO3)s2)c1F. The van der Waals surface area contributed by atoms with Gasteiger partial charge in [0.15, 0.2) is 11.6 Å². The van der Waals surface area contributed by atoms with Crippen LogP contribution < -0.4 is 10.1 Å². The number of amides is 1. The molecule has 1 amide bonds. The highest BCUT2D eigenvalue weighted by atomic mass is 32.1. The van der Waals surface area contributed by atoms with E-state index in [9.17, 15) is 13.6 Å². The summed E-state index contributed by atoms with van der Waals surface area (Å²) < 4.78 is 38.2. The van der Waals surface area contributed by atoms with E-state index in [0.717, 1.165) is 30.4 Å². The van der Waals surface area contributed by atoms with Gasteiger partial charge in [-0.2, -0.15) is 0 Å². The predicted octanol–water partition coefficient (Wildman–Crippen LogP) is 3.82. The molecule has 1 aromatic carbocycles. The number of thiophene rings is 1. The van der Waals surface area contributed by atoms with Crippen molar-refractivity contribution >= 4 is 17.2 Å². The molecule has 0 radical (unpaired) electrons. The molecule has 24 heavy (non-hydrogen) atoms. The molecule has 1 aromatic heterocycles. The number of rotatable bonds is 5. The maximum atomic E-state index is 14.1. The normalized spacial score (nSPS) is 17.0. The van der Waals surface area contributed by atoms with Gasteiger partial charge in [0, 0.05) is 23.6 Å². The van der Waals surface area contributed by atoms with Gasteiger partial charge in [-0.05, 0) is 37.1 Å². The molecule has 0 spiro atoms. The summed E-state index contributed by atoms with van der Waals surface area (Å²) in [6.07, 6.45) is 2.00. The molecule has 4 nitrogen and oxygen atoms in total. The number of hydrogen-bond acceptors (Lipinski definition) is 4. The first kappa shape index (κ1) is 16.9. The van der Waals surface area contributed by atoms with Crippen LogP contribution in [0.15, 0.2) is 24.3 Å². The second kappa shape index (κ2) is 7.27. The van der Waals surface area contributed by atoms with Crippen molar-refractivity contribution in [1.82, 2.24) is 5.32 Å². The minimum Gasteiger partial charge on any atom is -0.494 e. The second-order valence-electron chi connectivity index (χ2n) is 5.43. The Balaban J connectivity index is 1.68. The van der Waals surface area contributed by atoms with Crippen LogP contribution in [0.1, 0.15) is 39.1 Å². The third kappa shape index (κ3) is 3.42. The molecule has 3 rings (SSSR count). The first-order valence-corrected chi connectivity index (χ1v) is 8.42. The Morgan fingerprint density at radius 3 is 2.92 bits per heavy atom. The third-order valence-electron chi connectivity index (χ3n) is 3.89. The summed E-state index contributed by atoms with van der Waals surface area (Å²) in [4.78, 5) is 13.7. The van der Waals surface area contributed by atoms with Crippen molar-refractivity contribution < 1.29 is 23.0 Å². The highest BCUT2D eigenvalue weighted by Gasteiger charge is 2.21. The van der Waals surface area contributed by atoms with Crippen molar-refractivity contribution in [2.24, 2.45) is 0 Å². The van der Waals surface area contributed by atoms with Crippen molar-refractivity contribution in [3.8, 4) is 5.75 Å². The number of carbonyl (C=O) groups excluding carboxylic acids is 1. The monoisotopic (exact) mass is 353 g/mol. The number of halogens is 2. The molecule has 0 unspecified atom stereocenters. The van der Waals surface area contributed by atoms with Crippen molar-refractivity contribution in [2.75, 3.05) is 13.7 Å². The Morgan fingerprint density at radius 1 is 1.38 bits per heavy atom. The van der Waals surface area contributed by atoms with E-state index in [2.05, 4.69) is 5.32 Å². The van der Waals surface area contributed by atoms with Gasteiger partial charge < -0.3 is 14.8 Å². The summed E-state index contributed by atoms with van der Waals surface area (Å²) in [5.41, 5.74) is -0.224. The Morgan fingerprint density at radius 2 is 2.21 bits per heavy atom. The highest BCUT2D eigenvalue weighted by Crippen LogP contribution is 2.33. The van der Waals surface area contributed by atoms with E-state index in [4.69, 9.17) is 9.47 Å². The summed E-state index contributed by atoms with van der Waals surface area (Å²) in [6, 6.07) is 5.89. The van der Waals surface area contributed by atoms with Crippen molar-refractivity contribution in [2.45, 2.75) is 25.5 Å². The zero-order valence-corrected chi connectivity index (χ0v) is 13.9. The fourth-order valence-corrected chi connectivity index (χ4v) is 3.61. The third-order valence-corrected chi connectivity index (χ3v) is 5.07. The smallest absolute Gasteiger partial charge is 0.261 e.